The normalized spacial score (nSPS) is 13.2. The van der Waals surface area contributed by atoms with E-state index in [9.17, 15) is 0 Å². The monoisotopic (exact) mass is 204 g/mol. The van der Waals surface area contributed by atoms with Crippen LogP contribution in [-0.2, 0) is 0 Å². The Hall–Kier alpha value is 0.430. The Morgan fingerprint density at radius 2 is 1.08 bits per heavy atom. The molecule has 0 unspecified atom stereocenters. The van der Waals surface area contributed by atoms with Crippen molar-refractivity contribution < 1.29 is 0 Å². The minimum atomic E-state index is -0.785. The Kier molecular flexibility index (Phi) is 8.06. The van der Waals surface area contributed by atoms with Crippen molar-refractivity contribution in [3.63, 3.8) is 0 Å². The first-order valence-corrected chi connectivity index (χ1v) is 9.07. The molecule has 13 heavy (non-hydrogen) atoms. The van der Waals surface area contributed by atoms with E-state index >= 15 is 0 Å². The first-order valence-electron chi connectivity index (χ1n) is 6.24. The minimum absolute atomic E-state index is 0.785. The van der Waals surface area contributed by atoms with Gasteiger partial charge in [0.05, 0.1) is 0 Å². The fourth-order valence-corrected chi connectivity index (χ4v) is 6.56. The van der Waals surface area contributed by atoms with E-state index in [2.05, 4.69) is 27.7 Å². The Bertz CT molecular complexity index is 95.7. The van der Waals surface area contributed by atoms with Crippen molar-refractivity contribution in [2.75, 3.05) is 24.6 Å². The summed E-state index contributed by atoms with van der Waals surface area (Å²) < 4.78 is 0. The van der Waals surface area contributed by atoms with Gasteiger partial charge in [-0.25, -0.2) is 0 Å². The molecule has 0 fully saturated rings. The number of rotatable bonds is 8. The zero-order valence-corrected chi connectivity index (χ0v) is 11.2. The molecule has 0 aromatic heterocycles. The number of hydrogen-bond donors (Lipinski definition) is 0. The van der Waals surface area contributed by atoms with Crippen molar-refractivity contribution in [3.8, 4) is 0 Å². The molecule has 0 aromatic rings. The molecule has 0 bridgehead atoms. The van der Waals surface area contributed by atoms with Crippen LogP contribution in [0.25, 0.3) is 0 Å². The van der Waals surface area contributed by atoms with Crippen LogP contribution in [0.4, 0.5) is 0 Å². The summed E-state index contributed by atoms with van der Waals surface area (Å²) in [4.78, 5) is 0. The van der Waals surface area contributed by atoms with Crippen LogP contribution in [-0.4, -0.2) is 24.6 Å². The van der Waals surface area contributed by atoms with Gasteiger partial charge in [-0.05, 0) is 0 Å². The molecule has 0 saturated heterocycles. The maximum atomic E-state index is 2.43. The Morgan fingerprint density at radius 3 is 1.31 bits per heavy atom. The van der Waals surface area contributed by atoms with Gasteiger partial charge in [-0.15, -0.1) is 0 Å². The van der Waals surface area contributed by atoms with Gasteiger partial charge in [0.2, 0.25) is 0 Å². The molecule has 0 aliphatic carbocycles. The van der Waals surface area contributed by atoms with Crippen molar-refractivity contribution in [2.45, 2.75) is 53.4 Å². The van der Waals surface area contributed by atoms with E-state index in [1.807, 2.05) is 0 Å². The molecule has 0 N–H and O–H groups in total. The Morgan fingerprint density at radius 1 is 0.692 bits per heavy atom. The van der Waals surface area contributed by atoms with Gasteiger partial charge in [0, 0.05) is 0 Å². The third kappa shape index (κ3) is 5.01. The van der Waals surface area contributed by atoms with Crippen LogP contribution in [0.2, 0.25) is 0 Å². The van der Waals surface area contributed by atoms with Crippen molar-refractivity contribution in [1.82, 2.24) is 0 Å². The van der Waals surface area contributed by atoms with Crippen LogP contribution < -0.4 is 0 Å². The maximum absolute atomic E-state index is 2.43. The van der Waals surface area contributed by atoms with Crippen molar-refractivity contribution in [1.29, 1.82) is 0 Å². The molecule has 0 aromatic carbocycles. The SMILES string of the molecule is CCCC[PH](CC)(CC)CCCC. The fraction of sp³-hybridized carbons (Fsp3) is 1.00. The van der Waals surface area contributed by atoms with E-state index in [4.69, 9.17) is 0 Å². The molecular weight excluding hydrogens is 175 g/mol. The van der Waals surface area contributed by atoms with Gasteiger partial charge < -0.3 is 0 Å². The van der Waals surface area contributed by atoms with Gasteiger partial charge in [0.1, 0.15) is 0 Å². The van der Waals surface area contributed by atoms with Gasteiger partial charge in [0.25, 0.3) is 0 Å². The quantitative estimate of drug-likeness (QED) is 0.515. The summed E-state index contributed by atoms with van der Waals surface area (Å²) in [6.45, 7) is 9.51. The predicted molar refractivity (Wildman–Crippen MR) is 68.9 cm³/mol. The number of hydrogen-bond acceptors (Lipinski definition) is 0. The van der Waals surface area contributed by atoms with Crippen molar-refractivity contribution in [2.24, 2.45) is 0 Å². The summed E-state index contributed by atoms with van der Waals surface area (Å²) in [6, 6.07) is 0. The second-order valence-corrected chi connectivity index (χ2v) is 9.83. The van der Waals surface area contributed by atoms with Crippen LogP contribution >= 0.6 is 7.26 Å². The topological polar surface area (TPSA) is 0 Å². The van der Waals surface area contributed by atoms with Crippen molar-refractivity contribution in [3.05, 3.63) is 0 Å². The Labute approximate surface area is 85.8 Å². The molecule has 0 atom stereocenters. The summed E-state index contributed by atoms with van der Waals surface area (Å²) in [5.41, 5.74) is 0. The number of unbranched alkanes of at least 4 members (excludes halogenated alkanes) is 2. The third-order valence-corrected chi connectivity index (χ3v) is 9.45. The van der Waals surface area contributed by atoms with E-state index in [-0.39, 0.29) is 0 Å². The molecule has 0 amide bonds. The van der Waals surface area contributed by atoms with Gasteiger partial charge in [0.15, 0.2) is 0 Å². The summed E-state index contributed by atoms with van der Waals surface area (Å²) in [5.74, 6) is 0. The average molecular weight is 204 g/mol. The Balaban J connectivity index is 3.97. The summed E-state index contributed by atoms with van der Waals surface area (Å²) >= 11 is 0. The zero-order valence-electron chi connectivity index (χ0n) is 10.2. The molecule has 1 heteroatoms. The van der Waals surface area contributed by atoms with E-state index < -0.39 is 7.26 Å². The van der Waals surface area contributed by atoms with Gasteiger partial charge >= 0.3 is 85.3 Å². The first kappa shape index (κ1) is 13.4. The van der Waals surface area contributed by atoms with Crippen LogP contribution in [0.3, 0.4) is 0 Å². The molecular formula is C12H29P. The van der Waals surface area contributed by atoms with Crippen LogP contribution in [0.15, 0.2) is 0 Å². The summed E-state index contributed by atoms with van der Waals surface area (Å²) in [7, 11) is -0.785. The standard InChI is InChI=1S/C12H29P/c1-5-9-11-13(7-3,8-4)12-10-6-2/h13H,5-12H2,1-4H3. The molecule has 0 spiro atoms. The molecule has 0 heterocycles. The van der Waals surface area contributed by atoms with E-state index in [1.165, 1.54) is 38.0 Å². The van der Waals surface area contributed by atoms with E-state index in [0.717, 1.165) is 0 Å². The summed E-state index contributed by atoms with van der Waals surface area (Å²) in [5, 5.41) is 0. The molecule has 0 aliphatic rings. The van der Waals surface area contributed by atoms with E-state index in [1.54, 1.807) is 12.3 Å². The van der Waals surface area contributed by atoms with Gasteiger partial charge in [-0.1, -0.05) is 0 Å². The predicted octanol–water partition coefficient (Wildman–Crippen LogP) is 4.38. The van der Waals surface area contributed by atoms with Gasteiger partial charge in [-0.3, -0.25) is 0 Å². The van der Waals surface area contributed by atoms with Gasteiger partial charge in [-0.2, -0.15) is 0 Å². The van der Waals surface area contributed by atoms with Crippen LogP contribution in [0, 0.1) is 0 Å². The zero-order chi connectivity index (χ0) is 10.2. The molecule has 0 aliphatic heterocycles. The molecule has 82 valence electrons. The third-order valence-electron chi connectivity index (χ3n) is 3.62. The summed E-state index contributed by atoms with van der Waals surface area (Å²) in [6.07, 6.45) is 12.0. The van der Waals surface area contributed by atoms with Crippen LogP contribution in [0.1, 0.15) is 53.4 Å². The second kappa shape index (κ2) is 7.80. The molecule has 0 saturated carbocycles. The van der Waals surface area contributed by atoms with Crippen molar-refractivity contribution >= 4 is 7.26 Å². The molecule has 0 nitrogen and oxygen atoms in total. The van der Waals surface area contributed by atoms with Crippen LogP contribution in [0.5, 0.6) is 0 Å². The fourth-order valence-electron chi connectivity index (χ4n) is 2.19. The molecule has 0 radical (unpaired) electrons. The first-order chi connectivity index (χ1) is 6.24. The van der Waals surface area contributed by atoms with E-state index in [0.29, 0.717) is 0 Å². The second-order valence-electron chi connectivity index (χ2n) is 4.41. The molecule has 0 rings (SSSR count). The average Bonchev–Trinajstić information content (AvgIpc) is 2.20.